The predicted octanol–water partition coefficient (Wildman–Crippen LogP) is 10.9. The summed E-state index contributed by atoms with van der Waals surface area (Å²) < 4.78 is 217. The fourth-order valence-electron chi connectivity index (χ4n) is 4.60. The highest BCUT2D eigenvalue weighted by Gasteiger charge is 2.20. The smallest absolute Gasteiger partial charge is 0.143 e. The molecule has 0 bridgehead atoms. The lowest BCUT2D eigenvalue weighted by atomic mass is 9.85. The molecule has 0 aliphatic heterocycles. The van der Waals surface area contributed by atoms with Crippen molar-refractivity contribution in [3.8, 4) is 33.4 Å². The maximum absolute atomic E-state index is 9.33. The zero-order chi connectivity index (χ0) is 46.6. The van der Waals surface area contributed by atoms with Gasteiger partial charge >= 0.3 is 0 Å². The van der Waals surface area contributed by atoms with Gasteiger partial charge < -0.3 is 4.42 Å². The zero-order valence-corrected chi connectivity index (χ0v) is 19.4. The van der Waals surface area contributed by atoms with Crippen molar-refractivity contribution in [1.29, 1.82) is 0 Å². The molecule has 0 amide bonds. The van der Waals surface area contributed by atoms with Gasteiger partial charge in [0.25, 0.3) is 0 Å². The molecule has 0 saturated carbocycles. The molecule has 8 rings (SSSR count). The van der Waals surface area contributed by atoms with Crippen LogP contribution < -0.4 is 0 Å². The van der Waals surface area contributed by atoms with E-state index < -0.39 is 222 Å². The largest absolute Gasteiger partial charge is 0.455 e. The maximum Gasteiger partial charge on any atom is 0.143 e. The fourth-order valence-corrected chi connectivity index (χ4v) is 4.60. The Morgan fingerprint density at radius 2 is 0.923 bits per heavy atom. The van der Waals surface area contributed by atoms with Crippen LogP contribution in [0.25, 0.3) is 76.9 Å². The second-order valence-corrected chi connectivity index (χ2v) is 8.26. The Balaban J connectivity index is 1.73. The Morgan fingerprint density at radius 3 is 1.56 bits per heavy atom. The van der Waals surface area contributed by atoms with Gasteiger partial charge in [0, 0.05) is 21.9 Å². The van der Waals surface area contributed by atoms with Crippen LogP contribution in [-0.4, -0.2) is 0 Å². The van der Waals surface area contributed by atoms with Crippen LogP contribution in [0.1, 0.15) is 32.9 Å². The van der Waals surface area contributed by atoms with Crippen LogP contribution in [0.15, 0.2) is 149 Å². The zero-order valence-electron chi connectivity index (χ0n) is 43.4. The van der Waals surface area contributed by atoms with E-state index in [4.69, 9.17) is 29.1 Å². The molecule has 0 spiro atoms. The molecule has 0 aliphatic carbocycles. The second kappa shape index (κ2) is 8.72. The third-order valence-electron chi connectivity index (χ3n) is 6.19. The normalized spacial score (nSPS) is 20.2. The summed E-state index contributed by atoms with van der Waals surface area (Å²) in [5, 5.41) is -3.63. The van der Waals surface area contributed by atoms with Crippen molar-refractivity contribution in [2.24, 2.45) is 0 Å². The van der Waals surface area contributed by atoms with E-state index in [2.05, 4.69) is 0 Å². The number of hydrogen-bond donors (Lipinski definition) is 0. The standard InChI is InChI=1S/C38H24O/c1-3-12-25(13-4-1)27-22-23-35-34(24-27)32-20-11-21-33(38(32)39-35)37-30-18-9-7-16-28(30)36(26-14-5-2-6-15-26)29-17-8-10-19-31(29)37/h1-24H/i1D,2D,3D,4D,5D,6D,7D,8D,9D,10D,11D,12D,13D,14D,15D,16D,17D,18D,19D,20D,21D,22D,23D,24D. The number of benzene rings is 7. The van der Waals surface area contributed by atoms with Crippen molar-refractivity contribution in [3.05, 3.63) is 145 Å². The quantitative estimate of drug-likeness (QED) is 0.211. The van der Waals surface area contributed by atoms with Gasteiger partial charge in [-0.05, 0) is 55.9 Å². The van der Waals surface area contributed by atoms with E-state index in [1.165, 1.54) is 0 Å². The Kier molecular flexibility index (Phi) is 1.94. The van der Waals surface area contributed by atoms with Crippen LogP contribution >= 0.6 is 0 Å². The second-order valence-electron chi connectivity index (χ2n) is 8.26. The Hall–Kier alpha value is -5.14. The minimum Gasteiger partial charge on any atom is -0.455 e. The average Bonchev–Trinajstić information content (AvgIpc) is 3.66. The van der Waals surface area contributed by atoms with Crippen molar-refractivity contribution in [3.63, 3.8) is 0 Å². The van der Waals surface area contributed by atoms with Gasteiger partial charge in [0.1, 0.15) is 11.2 Å². The molecule has 1 heterocycles. The van der Waals surface area contributed by atoms with Gasteiger partial charge in [-0.15, -0.1) is 0 Å². The van der Waals surface area contributed by atoms with Crippen LogP contribution in [-0.2, 0) is 0 Å². The lowest BCUT2D eigenvalue weighted by Crippen LogP contribution is -1.90. The molecular weight excluding hydrogens is 472 g/mol. The van der Waals surface area contributed by atoms with E-state index in [0.29, 0.717) is 0 Å². The summed E-state index contributed by atoms with van der Waals surface area (Å²) in [6, 6.07) is -21.2. The molecule has 0 unspecified atom stereocenters. The van der Waals surface area contributed by atoms with E-state index in [0.717, 1.165) is 0 Å². The molecule has 39 heavy (non-hydrogen) atoms. The lowest BCUT2D eigenvalue weighted by Gasteiger charge is -2.17. The summed E-state index contributed by atoms with van der Waals surface area (Å²) in [6.07, 6.45) is 0. The molecule has 0 N–H and O–H groups in total. The highest BCUT2D eigenvalue weighted by molar-refractivity contribution is 6.24. The van der Waals surface area contributed by atoms with Crippen molar-refractivity contribution in [1.82, 2.24) is 0 Å². The molecule has 0 aliphatic rings. The molecule has 0 saturated heterocycles. The van der Waals surface area contributed by atoms with E-state index in [9.17, 15) is 8.22 Å². The highest BCUT2D eigenvalue weighted by Crippen LogP contribution is 2.46. The molecule has 1 heteroatoms. The number of fused-ring (bicyclic) bond motifs is 5. The van der Waals surface area contributed by atoms with E-state index >= 15 is 0 Å². The third kappa shape index (κ3) is 3.41. The van der Waals surface area contributed by atoms with Crippen LogP contribution in [0.3, 0.4) is 0 Å². The Labute approximate surface area is 260 Å². The maximum atomic E-state index is 9.33. The van der Waals surface area contributed by atoms with E-state index in [1.807, 2.05) is 0 Å². The van der Waals surface area contributed by atoms with Gasteiger partial charge in [-0.3, -0.25) is 0 Å². The van der Waals surface area contributed by atoms with Crippen LogP contribution in [0.5, 0.6) is 0 Å². The van der Waals surface area contributed by atoms with Crippen LogP contribution in [0.4, 0.5) is 0 Å². The molecule has 7 aromatic carbocycles. The van der Waals surface area contributed by atoms with E-state index in [1.54, 1.807) is 0 Å². The van der Waals surface area contributed by atoms with Gasteiger partial charge in [-0.2, -0.15) is 0 Å². The van der Waals surface area contributed by atoms with Crippen molar-refractivity contribution in [2.45, 2.75) is 0 Å². The number of rotatable bonds is 3. The first-order valence-electron chi connectivity index (χ1n) is 23.4. The molecule has 1 nitrogen and oxygen atoms in total. The molecule has 1 aromatic heterocycles. The topological polar surface area (TPSA) is 13.1 Å². The summed E-state index contributed by atoms with van der Waals surface area (Å²) in [7, 11) is 0. The minimum absolute atomic E-state index is 0.513. The van der Waals surface area contributed by atoms with Crippen LogP contribution in [0.2, 0.25) is 0 Å². The predicted molar refractivity (Wildman–Crippen MR) is 165 cm³/mol. The van der Waals surface area contributed by atoms with Gasteiger partial charge in [0.2, 0.25) is 0 Å². The summed E-state index contributed by atoms with van der Waals surface area (Å²) in [4.78, 5) is 0. The third-order valence-corrected chi connectivity index (χ3v) is 6.19. The molecule has 0 atom stereocenters. The Bertz CT molecular complexity index is 3360. The summed E-state index contributed by atoms with van der Waals surface area (Å²) in [6.45, 7) is 0. The van der Waals surface area contributed by atoms with Crippen molar-refractivity contribution < 1.29 is 37.3 Å². The number of para-hydroxylation sites is 1. The SMILES string of the molecule is [2H]c1c([2H])c([2H])c(-c2c([2H])c([2H])c3oc4c(-c5c6c([2H])c([2H])c([2H])c([2H])c6c(-c6c([2H])c([2H])c([2H])c([2H])c6[2H])c6c([2H])c([2H])c([2H])c([2H])c56)c([2H])c([2H])c([2H])c4c3c2[2H])c([2H])c1[2H]. The molecule has 8 aromatic rings. The fraction of sp³-hybridized carbons (Fsp3) is 0. The van der Waals surface area contributed by atoms with Gasteiger partial charge in [-0.1, -0.05) is 133 Å². The van der Waals surface area contributed by atoms with Crippen molar-refractivity contribution in [2.75, 3.05) is 0 Å². The highest BCUT2D eigenvalue weighted by atomic mass is 16.3. The van der Waals surface area contributed by atoms with Gasteiger partial charge in [0.05, 0.1) is 32.9 Å². The summed E-state index contributed by atoms with van der Waals surface area (Å²) >= 11 is 0. The van der Waals surface area contributed by atoms with Crippen molar-refractivity contribution >= 4 is 43.5 Å². The molecular formula is C38H24O. The minimum atomic E-state index is -0.942. The first-order valence-corrected chi connectivity index (χ1v) is 11.4. The summed E-state index contributed by atoms with van der Waals surface area (Å²) in [5.74, 6) is 0. The average molecular weight is 521 g/mol. The Morgan fingerprint density at radius 1 is 0.385 bits per heavy atom. The summed E-state index contributed by atoms with van der Waals surface area (Å²) in [5.41, 5.74) is -5.24. The molecule has 0 radical (unpaired) electrons. The van der Waals surface area contributed by atoms with Crippen LogP contribution in [0, 0.1) is 0 Å². The van der Waals surface area contributed by atoms with Gasteiger partial charge in [-0.25, -0.2) is 0 Å². The molecule has 182 valence electrons. The number of furan rings is 1. The first kappa shape index (κ1) is 8.69. The number of hydrogen-bond acceptors (Lipinski definition) is 1. The first-order chi connectivity index (χ1) is 29.3. The van der Waals surface area contributed by atoms with E-state index in [-0.39, 0.29) is 0 Å². The monoisotopic (exact) mass is 520 g/mol. The lowest BCUT2D eigenvalue weighted by molar-refractivity contribution is 0.670. The molecule has 0 fully saturated rings. The van der Waals surface area contributed by atoms with Gasteiger partial charge in [0.15, 0.2) is 0 Å².